The molecule has 0 aliphatic heterocycles. The van der Waals surface area contributed by atoms with E-state index in [1.54, 1.807) is 12.1 Å². The van der Waals surface area contributed by atoms with Crippen LogP contribution in [0.2, 0.25) is 5.02 Å². The molecule has 0 saturated heterocycles. The maximum atomic E-state index is 11.3. The van der Waals surface area contributed by atoms with Crippen molar-refractivity contribution in [3.8, 4) is 0 Å². The lowest BCUT2D eigenvalue weighted by molar-refractivity contribution is 0.101. The molecule has 5 heteroatoms. The molecule has 0 saturated carbocycles. The third-order valence-corrected chi connectivity index (χ3v) is 3.03. The van der Waals surface area contributed by atoms with Crippen molar-refractivity contribution in [2.75, 3.05) is 0 Å². The maximum absolute atomic E-state index is 11.3. The first-order chi connectivity index (χ1) is 6.02. The Morgan fingerprint density at radius 1 is 1.38 bits per heavy atom. The zero-order valence-corrected chi connectivity index (χ0v) is 10.1. The van der Waals surface area contributed by atoms with Crippen LogP contribution in [-0.4, -0.2) is 10.6 Å². The monoisotopic (exact) mass is 300 g/mol. The third kappa shape index (κ3) is 2.84. The molecular weight excluding hydrogens is 298 g/mol. The average molecular weight is 302 g/mol. The summed E-state index contributed by atoms with van der Waals surface area (Å²) in [5.41, 5.74) is 0.406. The molecule has 0 aromatic heterocycles. The number of alkyl halides is 2. The predicted molar refractivity (Wildman–Crippen MR) is 59.0 cm³/mol. The molecule has 70 valence electrons. The van der Waals surface area contributed by atoms with Crippen LogP contribution in [0.5, 0.6) is 0 Å². The first-order valence-corrected chi connectivity index (χ1v) is 5.34. The maximum Gasteiger partial charge on any atom is 0.195 e. The number of rotatable bonds is 2. The summed E-state index contributed by atoms with van der Waals surface area (Å²) in [6, 6.07) is 4.80. The Hall–Kier alpha value is 0.240. The Bertz CT molecular complexity index is 338. The van der Waals surface area contributed by atoms with Gasteiger partial charge in [-0.15, -0.1) is 0 Å². The highest BCUT2D eigenvalue weighted by atomic mass is 79.9. The lowest BCUT2D eigenvalue weighted by Crippen LogP contribution is -2.07. The van der Waals surface area contributed by atoms with Gasteiger partial charge < -0.3 is 0 Å². The topological polar surface area (TPSA) is 17.1 Å². The normalized spacial score (nSPS) is 10.5. The van der Waals surface area contributed by atoms with Gasteiger partial charge in [0.05, 0.1) is 5.02 Å². The number of hydrogen-bond donors (Lipinski definition) is 0. The molecular formula is C8H4BrCl3O. The SMILES string of the molecule is O=C(c1ccc(Br)c(Cl)c1)C(Cl)Cl. The smallest absolute Gasteiger partial charge is 0.195 e. The minimum absolute atomic E-state index is 0.349. The zero-order valence-electron chi connectivity index (χ0n) is 6.23. The molecule has 0 spiro atoms. The molecule has 0 unspecified atom stereocenters. The minimum Gasteiger partial charge on any atom is -0.291 e. The molecule has 0 radical (unpaired) electrons. The van der Waals surface area contributed by atoms with E-state index in [2.05, 4.69) is 15.9 Å². The molecule has 0 atom stereocenters. The van der Waals surface area contributed by atoms with E-state index in [0.717, 1.165) is 4.47 Å². The van der Waals surface area contributed by atoms with Gasteiger partial charge in [-0.3, -0.25) is 4.79 Å². The van der Waals surface area contributed by atoms with Crippen LogP contribution in [-0.2, 0) is 0 Å². The Labute approximate surface area is 99.1 Å². The van der Waals surface area contributed by atoms with Gasteiger partial charge in [-0.05, 0) is 28.1 Å². The molecule has 0 heterocycles. The first kappa shape index (κ1) is 11.3. The average Bonchev–Trinajstić information content (AvgIpc) is 2.08. The fourth-order valence-corrected chi connectivity index (χ4v) is 1.45. The number of ketones is 1. The summed E-state index contributed by atoms with van der Waals surface area (Å²) in [6.07, 6.45) is 0. The summed E-state index contributed by atoms with van der Waals surface area (Å²) in [6.45, 7) is 0. The largest absolute Gasteiger partial charge is 0.291 e. The van der Waals surface area contributed by atoms with E-state index in [1.807, 2.05) is 0 Å². The van der Waals surface area contributed by atoms with E-state index in [0.29, 0.717) is 10.6 Å². The van der Waals surface area contributed by atoms with E-state index in [1.165, 1.54) is 6.07 Å². The van der Waals surface area contributed by atoms with E-state index < -0.39 is 4.84 Å². The number of carbonyl (C=O) groups is 1. The van der Waals surface area contributed by atoms with Crippen molar-refractivity contribution in [3.63, 3.8) is 0 Å². The Morgan fingerprint density at radius 2 is 2.00 bits per heavy atom. The highest BCUT2D eigenvalue weighted by molar-refractivity contribution is 9.10. The molecule has 1 aromatic carbocycles. The fourth-order valence-electron chi connectivity index (χ4n) is 0.775. The Morgan fingerprint density at radius 3 is 2.46 bits per heavy atom. The van der Waals surface area contributed by atoms with Crippen LogP contribution < -0.4 is 0 Å². The number of carbonyl (C=O) groups excluding carboxylic acids is 1. The number of benzene rings is 1. The van der Waals surface area contributed by atoms with Crippen molar-refractivity contribution >= 4 is 56.5 Å². The lowest BCUT2D eigenvalue weighted by atomic mass is 10.1. The van der Waals surface area contributed by atoms with Gasteiger partial charge in [0.2, 0.25) is 0 Å². The number of hydrogen-bond acceptors (Lipinski definition) is 1. The van der Waals surface area contributed by atoms with E-state index in [9.17, 15) is 4.79 Å². The standard InChI is InChI=1S/C8H4BrCl3O/c9-5-2-1-4(3-6(5)10)7(13)8(11)12/h1-3,8H. The predicted octanol–water partition coefficient (Wildman–Crippen LogP) is 4.09. The summed E-state index contributed by atoms with van der Waals surface area (Å²) in [7, 11) is 0. The summed E-state index contributed by atoms with van der Waals surface area (Å²) in [5, 5.41) is 0.458. The molecule has 0 bridgehead atoms. The van der Waals surface area contributed by atoms with Crippen LogP contribution in [0.4, 0.5) is 0 Å². The van der Waals surface area contributed by atoms with E-state index in [4.69, 9.17) is 34.8 Å². The molecule has 1 rings (SSSR count). The minimum atomic E-state index is -1.04. The van der Waals surface area contributed by atoms with Crippen LogP contribution >= 0.6 is 50.7 Å². The van der Waals surface area contributed by atoms with Gasteiger partial charge in [-0.25, -0.2) is 0 Å². The van der Waals surface area contributed by atoms with Crippen molar-refractivity contribution in [2.45, 2.75) is 4.84 Å². The molecule has 0 aliphatic carbocycles. The summed E-state index contributed by atoms with van der Waals surface area (Å²) >= 11 is 19.8. The van der Waals surface area contributed by atoms with E-state index >= 15 is 0 Å². The van der Waals surface area contributed by atoms with Crippen molar-refractivity contribution in [2.24, 2.45) is 0 Å². The van der Waals surface area contributed by atoms with Gasteiger partial charge in [0.15, 0.2) is 10.6 Å². The number of halogens is 4. The molecule has 0 amide bonds. The molecule has 13 heavy (non-hydrogen) atoms. The van der Waals surface area contributed by atoms with Gasteiger partial charge in [0.25, 0.3) is 0 Å². The second-order valence-electron chi connectivity index (χ2n) is 2.29. The summed E-state index contributed by atoms with van der Waals surface area (Å²) in [4.78, 5) is 10.2. The summed E-state index contributed by atoms with van der Waals surface area (Å²) < 4.78 is 0.728. The Kier molecular flexibility index (Phi) is 4.05. The van der Waals surface area contributed by atoms with Crippen LogP contribution in [0.1, 0.15) is 10.4 Å². The zero-order chi connectivity index (χ0) is 10.0. The van der Waals surface area contributed by atoms with E-state index in [-0.39, 0.29) is 5.78 Å². The highest BCUT2D eigenvalue weighted by Crippen LogP contribution is 2.24. The first-order valence-electron chi connectivity index (χ1n) is 3.30. The van der Waals surface area contributed by atoms with Crippen LogP contribution in [0.25, 0.3) is 0 Å². The van der Waals surface area contributed by atoms with Crippen LogP contribution in [0.15, 0.2) is 22.7 Å². The summed E-state index contributed by atoms with van der Waals surface area (Å²) in [5.74, 6) is -0.349. The van der Waals surface area contributed by atoms with Crippen molar-refractivity contribution < 1.29 is 4.79 Å². The second-order valence-corrected chi connectivity index (χ2v) is 4.65. The quantitative estimate of drug-likeness (QED) is 0.594. The molecule has 0 fully saturated rings. The van der Waals surface area contributed by atoms with Gasteiger partial charge in [0.1, 0.15) is 0 Å². The Balaban J connectivity index is 3.04. The molecule has 1 nitrogen and oxygen atoms in total. The van der Waals surface area contributed by atoms with Gasteiger partial charge in [-0.2, -0.15) is 0 Å². The third-order valence-electron chi connectivity index (χ3n) is 1.40. The highest BCUT2D eigenvalue weighted by Gasteiger charge is 2.14. The van der Waals surface area contributed by atoms with Gasteiger partial charge in [0, 0.05) is 10.0 Å². The molecule has 1 aromatic rings. The van der Waals surface area contributed by atoms with Gasteiger partial charge >= 0.3 is 0 Å². The molecule has 0 aliphatic rings. The molecule has 0 N–H and O–H groups in total. The van der Waals surface area contributed by atoms with Crippen molar-refractivity contribution in [1.82, 2.24) is 0 Å². The van der Waals surface area contributed by atoms with Crippen molar-refractivity contribution in [3.05, 3.63) is 33.3 Å². The van der Waals surface area contributed by atoms with Gasteiger partial charge in [-0.1, -0.05) is 40.9 Å². The van der Waals surface area contributed by atoms with Crippen molar-refractivity contribution in [1.29, 1.82) is 0 Å². The second kappa shape index (κ2) is 4.65. The van der Waals surface area contributed by atoms with Crippen LogP contribution in [0.3, 0.4) is 0 Å². The number of Topliss-reactive ketones (excluding diaryl/α,β-unsaturated/α-hetero) is 1. The lowest BCUT2D eigenvalue weighted by Gasteiger charge is -2.02. The van der Waals surface area contributed by atoms with Crippen LogP contribution in [0, 0.1) is 0 Å². The fraction of sp³-hybridized carbons (Fsp3) is 0.125.